The van der Waals surface area contributed by atoms with Gasteiger partial charge in [0.2, 0.25) is 0 Å². The van der Waals surface area contributed by atoms with Crippen molar-refractivity contribution in [2.75, 3.05) is 6.61 Å². The summed E-state index contributed by atoms with van der Waals surface area (Å²) in [6, 6.07) is 0. The summed E-state index contributed by atoms with van der Waals surface area (Å²) in [5.41, 5.74) is -0.385. The summed E-state index contributed by atoms with van der Waals surface area (Å²) in [5, 5.41) is 9.70. The van der Waals surface area contributed by atoms with Gasteiger partial charge in [0.05, 0.1) is 12.7 Å². The Balaban J connectivity index is 2.24. The van der Waals surface area contributed by atoms with Gasteiger partial charge in [0, 0.05) is 0 Å². The predicted octanol–water partition coefficient (Wildman–Crippen LogP) is 0.314. The van der Waals surface area contributed by atoms with Crippen LogP contribution in [0.1, 0.15) is 20.3 Å². The summed E-state index contributed by atoms with van der Waals surface area (Å²) >= 11 is 0. The second kappa shape index (κ2) is 2.19. The second-order valence-electron chi connectivity index (χ2n) is 3.46. The summed E-state index contributed by atoms with van der Waals surface area (Å²) in [5.74, 6) is 0. The topological polar surface area (TPSA) is 38.7 Å². The number of fused-ring (bicyclic) bond motifs is 2. The molecule has 0 saturated carbocycles. The predicted molar refractivity (Wildman–Crippen MR) is 39.3 cm³/mol. The number of hydrogen-bond donors (Lipinski definition) is 1. The van der Waals surface area contributed by atoms with Crippen LogP contribution in [0.5, 0.6) is 0 Å². The molecule has 2 rings (SSSR count). The number of rotatable bonds is 1. The van der Waals surface area contributed by atoms with E-state index in [2.05, 4.69) is 0 Å². The summed E-state index contributed by atoms with van der Waals surface area (Å²) < 4.78 is 11.0. The van der Waals surface area contributed by atoms with Crippen molar-refractivity contribution in [3.8, 4) is 0 Å². The molecule has 0 aromatic rings. The highest BCUT2D eigenvalue weighted by molar-refractivity contribution is 5.05. The van der Waals surface area contributed by atoms with Crippen molar-refractivity contribution >= 4 is 0 Å². The van der Waals surface area contributed by atoms with Gasteiger partial charge in [-0.3, -0.25) is 0 Å². The van der Waals surface area contributed by atoms with Crippen molar-refractivity contribution in [1.29, 1.82) is 0 Å². The maximum absolute atomic E-state index is 9.70. The van der Waals surface area contributed by atoms with Gasteiger partial charge in [-0.25, -0.2) is 0 Å². The zero-order valence-corrected chi connectivity index (χ0v) is 6.91. The van der Waals surface area contributed by atoms with Gasteiger partial charge in [-0.1, -0.05) is 6.92 Å². The molecule has 0 radical (unpaired) electrons. The Morgan fingerprint density at radius 3 is 2.64 bits per heavy atom. The Morgan fingerprint density at radius 1 is 1.64 bits per heavy atom. The maximum atomic E-state index is 9.70. The summed E-state index contributed by atoms with van der Waals surface area (Å²) in [6.07, 6.45) is 0.380. The highest BCUT2D eigenvalue weighted by Gasteiger charge is 2.58. The van der Waals surface area contributed by atoms with E-state index in [9.17, 15) is 5.11 Å². The smallest absolute Gasteiger partial charge is 0.120 e. The fourth-order valence-electron chi connectivity index (χ4n) is 2.04. The van der Waals surface area contributed by atoms with Gasteiger partial charge in [-0.2, -0.15) is 0 Å². The molecule has 3 heteroatoms. The van der Waals surface area contributed by atoms with E-state index in [0.29, 0.717) is 6.61 Å². The van der Waals surface area contributed by atoms with Gasteiger partial charge in [-0.15, -0.1) is 0 Å². The Hall–Kier alpha value is -0.120. The monoisotopic (exact) mass is 158 g/mol. The third-order valence-corrected chi connectivity index (χ3v) is 2.85. The average molecular weight is 158 g/mol. The molecule has 64 valence electrons. The number of aliphatic hydroxyl groups is 1. The Kier molecular flexibility index (Phi) is 1.50. The number of aliphatic hydroxyl groups excluding tert-OH is 1. The molecule has 2 unspecified atom stereocenters. The molecular formula is C8H14O3. The minimum atomic E-state index is -0.414. The Labute approximate surface area is 66.3 Å². The van der Waals surface area contributed by atoms with Gasteiger partial charge < -0.3 is 14.6 Å². The van der Waals surface area contributed by atoms with Crippen LogP contribution in [-0.2, 0) is 9.47 Å². The van der Waals surface area contributed by atoms with E-state index < -0.39 is 6.10 Å². The molecule has 11 heavy (non-hydrogen) atoms. The lowest BCUT2D eigenvalue weighted by atomic mass is 9.96. The first-order valence-corrected chi connectivity index (χ1v) is 4.17. The van der Waals surface area contributed by atoms with Crippen molar-refractivity contribution in [3.63, 3.8) is 0 Å². The summed E-state index contributed by atoms with van der Waals surface area (Å²) in [4.78, 5) is 0. The number of hydrogen-bond acceptors (Lipinski definition) is 3. The molecule has 1 N–H and O–H groups in total. The van der Waals surface area contributed by atoms with E-state index in [1.807, 2.05) is 13.8 Å². The highest BCUT2D eigenvalue weighted by atomic mass is 16.6. The average Bonchev–Trinajstić information content (AvgIpc) is 2.42. The lowest BCUT2D eigenvalue weighted by molar-refractivity contribution is -0.139. The minimum absolute atomic E-state index is 0.0544. The van der Waals surface area contributed by atoms with E-state index in [1.54, 1.807) is 0 Å². The van der Waals surface area contributed by atoms with E-state index in [-0.39, 0.29) is 17.8 Å². The molecule has 2 fully saturated rings. The largest absolute Gasteiger partial charge is 0.387 e. The van der Waals surface area contributed by atoms with Crippen molar-refractivity contribution < 1.29 is 14.6 Å². The van der Waals surface area contributed by atoms with E-state index in [0.717, 1.165) is 6.42 Å². The van der Waals surface area contributed by atoms with E-state index >= 15 is 0 Å². The molecule has 3 nitrogen and oxygen atoms in total. The minimum Gasteiger partial charge on any atom is -0.387 e. The first kappa shape index (κ1) is 7.53. The van der Waals surface area contributed by atoms with Crippen LogP contribution in [0, 0.1) is 0 Å². The molecule has 2 heterocycles. The molecule has 4 atom stereocenters. The maximum Gasteiger partial charge on any atom is 0.120 e. The molecule has 2 aliphatic heterocycles. The fraction of sp³-hybridized carbons (Fsp3) is 1.00. The molecule has 0 spiro atoms. The summed E-state index contributed by atoms with van der Waals surface area (Å²) in [6.45, 7) is 4.52. The van der Waals surface area contributed by atoms with Crippen LogP contribution in [0.4, 0.5) is 0 Å². The molecule has 0 aromatic carbocycles. The highest BCUT2D eigenvalue weighted by Crippen LogP contribution is 2.41. The van der Waals surface area contributed by atoms with Crippen molar-refractivity contribution in [2.45, 2.75) is 44.2 Å². The van der Waals surface area contributed by atoms with Crippen LogP contribution >= 0.6 is 0 Å². The third kappa shape index (κ3) is 0.789. The first-order valence-electron chi connectivity index (χ1n) is 4.17. The molecule has 2 bridgehead atoms. The molecule has 2 saturated heterocycles. The van der Waals surface area contributed by atoms with Crippen LogP contribution in [0.3, 0.4) is 0 Å². The van der Waals surface area contributed by atoms with Gasteiger partial charge in [0.25, 0.3) is 0 Å². The third-order valence-electron chi connectivity index (χ3n) is 2.85. The molecular weight excluding hydrogens is 144 g/mol. The van der Waals surface area contributed by atoms with Crippen molar-refractivity contribution in [3.05, 3.63) is 0 Å². The van der Waals surface area contributed by atoms with Gasteiger partial charge >= 0.3 is 0 Å². The van der Waals surface area contributed by atoms with Gasteiger partial charge in [-0.05, 0) is 13.3 Å². The van der Waals surface area contributed by atoms with Crippen LogP contribution < -0.4 is 0 Å². The van der Waals surface area contributed by atoms with E-state index in [4.69, 9.17) is 9.47 Å². The van der Waals surface area contributed by atoms with Crippen LogP contribution in [-0.4, -0.2) is 35.6 Å². The van der Waals surface area contributed by atoms with Gasteiger partial charge in [0.15, 0.2) is 0 Å². The quantitative estimate of drug-likeness (QED) is 0.597. The fourth-order valence-corrected chi connectivity index (χ4v) is 2.04. The Morgan fingerprint density at radius 2 is 2.36 bits per heavy atom. The first-order chi connectivity index (χ1) is 5.19. The zero-order valence-electron chi connectivity index (χ0n) is 6.91. The zero-order chi connectivity index (χ0) is 8.06. The normalized spacial score (nSPS) is 55.4. The van der Waals surface area contributed by atoms with Crippen molar-refractivity contribution in [2.24, 2.45) is 0 Å². The lowest BCUT2D eigenvalue weighted by Crippen LogP contribution is -2.39. The lowest BCUT2D eigenvalue weighted by Gasteiger charge is -2.27. The van der Waals surface area contributed by atoms with Crippen LogP contribution in [0.15, 0.2) is 0 Å². The van der Waals surface area contributed by atoms with Gasteiger partial charge in [0.1, 0.15) is 17.8 Å². The standard InChI is InChI=1S/C8H14O3/c1-3-8-4-10-6(7(8)9)5(2)11-8/h5-7,9H,3-4H2,1-2H3/t5-,6?,7?,8-/m0/s1. The molecule has 0 aliphatic carbocycles. The molecule has 0 amide bonds. The van der Waals surface area contributed by atoms with E-state index in [1.165, 1.54) is 0 Å². The van der Waals surface area contributed by atoms with Crippen molar-refractivity contribution in [1.82, 2.24) is 0 Å². The second-order valence-corrected chi connectivity index (χ2v) is 3.46. The van der Waals surface area contributed by atoms with Crippen LogP contribution in [0.2, 0.25) is 0 Å². The summed E-state index contributed by atoms with van der Waals surface area (Å²) in [7, 11) is 0. The Bertz CT molecular complexity index is 171. The SMILES string of the molecule is CC[C@]12COC(C1O)[C@H](C)O2. The number of ether oxygens (including phenoxy) is 2. The van der Waals surface area contributed by atoms with Crippen LogP contribution in [0.25, 0.3) is 0 Å². The molecule has 2 aliphatic rings. The molecule has 0 aromatic heterocycles.